The van der Waals surface area contributed by atoms with Crippen molar-refractivity contribution < 1.29 is 9.53 Å². The maximum absolute atomic E-state index is 11.8. The molecule has 1 spiro atoms. The van der Waals surface area contributed by atoms with Crippen LogP contribution >= 0.6 is 0 Å². The summed E-state index contributed by atoms with van der Waals surface area (Å²) in [5.41, 5.74) is 1.63. The zero-order valence-electron chi connectivity index (χ0n) is 12.2. The molecule has 1 aromatic carbocycles. The molecule has 1 atom stereocenters. The highest BCUT2D eigenvalue weighted by Crippen LogP contribution is 2.54. The Morgan fingerprint density at radius 1 is 1.25 bits per heavy atom. The van der Waals surface area contributed by atoms with E-state index in [9.17, 15) is 4.79 Å². The maximum atomic E-state index is 11.8. The van der Waals surface area contributed by atoms with E-state index in [-0.39, 0.29) is 17.3 Å². The van der Waals surface area contributed by atoms with E-state index in [4.69, 9.17) is 4.74 Å². The summed E-state index contributed by atoms with van der Waals surface area (Å²) >= 11 is 0. The zero-order valence-corrected chi connectivity index (χ0v) is 12.2. The van der Waals surface area contributed by atoms with Crippen LogP contribution in [0.5, 0.6) is 0 Å². The fourth-order valence-corrected chi connectivity index (χ4v) is 3.80. The van der Waals surface area contributed by atoms with Crippen LogP contribution in [0.15, 0.2) is 30.3 Å². The average Bonchev–Trinajstić information content (AvgIpc) is 2.48. The fourth-order valence-electron chi connectivity index (χ4n) is 3.80. The third kappa shape index (κ3) is 2.47. The molecular weight excluding hydrogens is 250 g/mol. The minimum atomic E-state index is 0.00718. The normalized spacial score (nSPS) is 25.1. The summed E-state index contributed by atoms with van der Waals surface area (Å²) in [4.78, 5) is 14.3. The first kappa shape index (κ1) is 13.6. The van der Waals surface area contributed by atoms with Crippen molar-refractivity contribution in [3.05, 3.63) is 35.9 Å². The molecule has 1 unspecified atom stereocenters. The number of rotatable bonds is 3. The highest BCUT2D eigenvalue weighted by molar-refractivity contribution is 5.74. The number of nitrogens with zero attached hydrogens (tertiary/aromatic N) is 1. The molecule has 0 bridgehead atoms. The molecule has 0 aromatic heterocycles. The molecule has 20 heavy (non-hydrogen) atoms. The first-order valence-corrected chi connectivity index (χ1v) is 7.58. The largest absolute Gasteiger partial charge is 0.469 e. The Bertz CT molecular complexity index is 463. The molecule has 1 aromatic rings. The summed E-state index contributed by atoms with van der Waals surface area (Å²) in [6.45, 7) is 3.23. The highest BCUT2D eigenvalue weighted by atomic mass is 16.5. The number of benzene rings is 1. The van der Waals surface area contributed by atoms with E-state index >= 15 is 0 Å². The van der Waals surface area contributed by atoms with Gasteiger partial charge in [-0.15, -0.1) is 0 Å². The van der Waals surface area contributed by atoms with Gasteiger partial charge in [0.25, 0.3) is 0 Å². The molecule has 3 heteroatoms. The Morgan fingerprint density at radius 3 is 2.50 bits per heavy atom. The van der Waals surface area contributed by atoms with Gasteiger partial charge < -0.3 is 4.74 Å². The lowest BCUT2D eigenvalue weighted by atomic mass is 9.55. The van der Waals surface area contributed by atoms with Gasteiger partial charge >= 0.3 is 5.97 Å². The predicted molar refractivity (Wildman–Crippen MR) is 78.1 cm³/mol. The topological polar surface area (TPSA) is 29.5 Å². The van der Waals surface area contributed by atoms with Gasteiger partial charge in [0.05, 0.1) is 13.0 Å². The van der Waals surface area contributed by atoms with E-state index in [1.54, 1.807) is 0 Å². The van der Waals surface area contributed by atoms with Crippen LogP contribution in [0.4, 0.5) is 0 Å². The zero-order chi connectivity index (χ0) is 14.0. The van der Waals surface area contributed by atoms with Gasteiger partial charge in [0.1, 0.15) is 0 Å². The van der Waals surface area contributed by atoms with Crippen molar-refractivity contribution in [3.8, 4) is 0 Å². The lowest BCUT2D eigenvalue weighted by molar-refractivity contribution is -0.162. The molecule has 3 nitrogen and oxygen atoms in total. The second-order valence-corrected chi connectivity index (χ2v) is 6.24. The summed E-state index contributed by atoms with van der Waals surface area (Å²) in [5, 5.41) is 0. The molecule has 0 radical (unpaired) electrons. The summed E-state index contributed by atoms with van der Waals surface area (Å²) in [6.07, 6.45) is 4.50. The fraction of sp³-hybridized carbons (Fsp3) is 0.588. The van der Waals surface area contributed by atoms with E-state index in [1.165, 1.54) is 19.1 Å². The molecule has 1 saturated carbocycles. The predicted octanol–water partition coefficient (Wildman–Crippen LogP) is 2.85. The van der Waals surface area contributed by atoms with Gasteiger partial charge in [0, 0.05) is 6.54 Å². The van der Waals surface area contributed by atoms with Gasteiger partial charge in [0.2, 0.25) is 0 Å². The number of methoxy groups -OCH3 is 1. The number of hydrogen-bond donors (Lipinski definition) is 0. The van der Waals surface area contributed by atoms with Gasteiger partial charge in [-0.2, -0.15) is 0 Å². The minimum Gasteiger partial charge on any atom is -0.469 e. The SMILES string of the molecule is COC(=O)C1CCC12CCN(Cc1ccccc1)CC2. The number of carbonyl (C=O) groups is 1. The van der Waals surface area contributed by atoms with Crippen LogP contribution in [0.2, 0.25) is 0 Å². The van der Waals surface area contributed by atoms with Crippen LogP contribution in [0, 0.1) is 11.3 Å². The van der Waals surface area contributed by atoms with Gasteiger partial charge in [-0.25, -0.2) is 0 Å². The number of esters is 1. The van der Waals surface area contributed by atoms with Gasteiger partial charge in [-0.3, -0.25) is 9.69 Å². The second-order valence-electron chi connectivity index (χ2n) is 6.24. The lowest BCUT2D eigenvalue weighted by Gasteiger charge is -2.52. The Kier molecular flexibility index (Phi) is 3.79. The molecule has 0 amide bonds. The molecule has 3 rings (SSSR count). The standard InChI is InChI=1S/C17H23NO2/c1-20-16(19)15-7-8-17(15)9-11-18(12-10-17)13-14-5-3-2-4-6-14/h2-6,15H,7-13H2,1H3. The molecule has 1 aliphatic heterocycles. The van der Waals surface area contributed by atoms with E-state index in [0.29, 0.717) is 0 Å². The monoisotopic (exact) mass is 273 g/mol. The van der Waals surface area contributed by atoms with Crippen molar-refractivity contribution in [2.45, 2.75) is 32.2 Å². The van der Waals surface area contributed by atoms with Crippen molar-refractivity contribution in [2.75, 3.05) is 20.2 Å². The summed E-state index contributed by atoms with van der Waals surface area (Å²) in [6, 6.07) is 10.6. The Hall–Kier alpha value is -1.35. The van der Waals surface area contributed by atoms with Crippen molar-refractivity contribution >= 4 is 5.97 Å². The Morgan fingerprint density at radius 2 is 1.95 bits per heavy atom. The quantitative estimate of drug-likeness (QED) is 0.793. The van der Waals surface area contributed by atoms with E-state index in [2.05, 4.69) is 35.2 Å². The number of carbonyl (C=O) groups excluding carboxylic acids is 1. The lowest BCUT2D eigenvalue weighted by Crippen LogP contribution is -2.51. The van der Waals surface area contributed by atoms with E-state index < -0.39 is 0 Å². The molecule has 2 aliphatic rings. The van der Waals surface area contributed by atoms with Crippen LogP contribution in [-0.4, -0.2) is 31.1 Å². The molecular formula is C17H23NO2. The Labute approximate surface area is 120 Å². The van der Waals surface area contributed by atoms with Crippen LogP contribution in [0.3, 0.4) is 0 Å². The number of ether oxygens (including phenoxy) is 1. The van der Waals surface area contributed by atoms with Gasteiger partial charge in [0.15, 0.2) is 0 Å². The van der Waals surface area contributed by atoms with Crippen LogP contribution in [-0.2, 0) is 16.1 Å². The van der Waals surface area contributed by atoms with Crippen molar-refractivity contribution in [3.63, 3.8) is 0 Å². The Balaban J connectivity index is 1.56. The summed E-state index contributed by atoms with van der Waals surface area (Å²) in [7, 11) is 1.51. The molecule has 0 N–H and O–H groups in total. The van der Waals surface area contributed by atoms with Crippen molar-refractivity contribution in [1.29, 1.82) is 0 Å². The van der Waals surface area contributed by atoms with Gasteiger partial charge in [-0.1, -0.05) is 30.3 Å². The third-order valence-corrected chi connectivity index (χ3v) is 5.26. The summed E-state index contributed by atoms with van der Waals surface area (Å²) in [5.74, 6) is 0.166. The smallest absolute Gasteiger partial charge is 0.309 e. The molecule has 1 aliphatic carbocycles. The highest BCUT2D eigenvalue weighted by Gasteiger charge is 2.51. The second kappa shape index (κ2) is 5.57. The molecule has 1 heterocycles. The number of piperidine rings is 1. The molecule has 108 valence electrons. The van der Waals surface area contributed by atoms with Crippen LogP contribution in [0.25, 0.3) is 0 Å². The van der Waals surface area contributed by atoms with Crippen LogP contribution in [0.1, 0.15) is 31.2 Å². The van der Waals surface area contributed by atoms with Crippen molar-refractivity contribution in [2.24, 2.45) is 11.3 Å². The maximum Gasteiger partial charge on any atom is 0.309 e. The first-order valence-electron chi connectivity index (χ1n) is 7.58. The van der Waals surface area contributed by atoms with Gasteiger partial charge in [-0.05, 0) is 49.8 Å². The minimum absolute atomic E-state index is 0.00718. The van der Waals surface area contributed by atoms with Crippen molar-refractivity contribution in [1.82, 2.24) is 4.90 Å². The average molecular weight is 273 g/mol. The van der Waals surface area contributed by atoms with E-state index in [0.717, 1.165) is 38.9 Å². The number of likely N-dealkylation sites (tertiary alicyclic amines) is 1. The van der Waals surface area contributed by atoms with Crippen LogP contribution < -0.4 is 0 Å². The summed E-state index contributed by atoms with van der Waals surface area (Å²) < 4.78 is 4.95. The van der Waals surface area contributed by atoms with E-state index in [1.807, 2.05) is 0 Å². The number of hydrogen-bond acceptors (Lipinski definition) is 3. The first-order chi connectivity index (χ1) is 9.73. The molecule has 1 saturated heterocycles. The molecule has 2 fully saturated rings. The third-order valence-electron chi connectivity index (χ3n) is 5.26.